The minimum atomic E-state index is -0.211. The zero-order valence-corrected chi connectivity index (χ0v) is 21.2. The molecule has 1 aliphatic carbocycles. The average Bonchev–Trinajstić information content (AvgIpc) is 2.89. The molecule has 1 atom stereocenters. The number of piperidine rings is 1. The third-order valence-corrected chi connectivity index (χ3v) is 8.17. The van der Waals surface area contributed by atoms with Crippen molar-refractivity contribution in [3.8, 4) is 5.75 Å². The third kappa shape index (κ3) is 5.80. The fourth-order valence-corrected chi connectivity index (χ4v) is 5.98. The van der Waals surface area contributed by atoms with Gasteiger partial charge in [-0.25, -0.2) is 0 Å². The molecule has 34 heavy (non-hydrogen) atoms. The summed E-state index contributed by atoms with van der Waals surface area (Å²) in [6.45, 7) is 5.19. The van der Waals surface area contributed by atoms with Crippen molar-refractivity contribution >= 4 is 5.91 Å². The minimum Gasteiger partial charge on any atom is -0.496 e. The summed E-state index contributed by atoms with van der Waals surface area (Å²) in [5.41, 5.74) is 2.32. The van der Waals surface area contributed by atoms with Gasteiger partial charge in [-0.3, -0.25) is 9.78 Å². The molecular weight excluding hydrogens is 422 g/mol. The first kappa shape index (κ1) is 24.7. The number of benzene rings is 1. The first-order valence-electron chi connectivity index (χ1n) is 13.0. The quantitative estimate of drug-likeness (QED) is 0.532. The van der Waals surface area contributed by atoms with Crippen molar-refractivity contribution in [2.75, 3.05) is 33.8 Å². The van der Waals surface area contributed by atoms with Gasteiger partial charge >= 0.3 is 0 Å². The lowest BCUT2D eigenvalue weighted by Crippen LogP contribution is -2.52. The van der Waals surface area contributed by atoms with Gasteiger partial charge in [-0.05, 0) is 74.4 Å². The standard InChI is InChI=1S/C29H41N3O2/c1-29(15-7-4-8-16-29)28(33)31(2)25(20-23-10-9-17-30-21-23)22-32-18-13-24(14-19-32)26-11-5-6-12-27(26)34-3/h5-6,9-12,17,21,24-25H,4,7-8,13-16,18-20,22H2,1-3H3. The molecule has 2 fully saturated rings. The number of amides is 1. The lowest BCUT2D eigenvalue weighted by molar-refractivity contribution is -0.144. The molecule has 5 nitrogen and oxygen atoms in total. The summed E-state index contributed by atoms with van der Waals surface area (Å²) in [5.74, 6) is 1.86. The van der Waals surface area contributed by atoms with Gasteiger partial charge in [0, 0.05) is 37.4 Å². The van der Waals surface area contributed by atoms with Crippen LogP contribution in [0, 0.1) is 5.41 Å². The Morgan fingerprint density at radius 2 is 1.88 bits per heavy atom. The van der Waals surface area contributed by atoms with Gasteiger partial charge in [0.15, 0.2) is 0 Å². The summed E-state index contributed by atoms with van der Waals surface area (Å²) in [7, 11) is 3.79. The van der Waals surface area contributed by atoms with Crippen LogP contribution in [0.3, 0.4) is 0 Å². The Morgan fingerprint density at radius 1 is 1.15 bits per heavy atom. The molecule has 1 amide bonds. The van der Waals surface area contributed by atoms with Crippen molar-refractivity contribution in [3.05, 3.63) is 59.9 Å². The topological polar surface area (TPSA) is 45.7 Å². The van der Waals surface area contributed by atoms with E-state index in [1.54, 1.807) is 7.11 Å². The summed E-state index contributed by atoms with van der Waals surface area (Å²) in [4.78, 5) is 22.6. The molecule has 1 saturated carbocycles. The Hall–Kier alpha value is -2.40. The molecule has 184 valence electrons. The molecular formula is C29H41N3O2. The van der Waals surface area contributed by atoms with Crippen LogP contribution in [-0.4, -0.2) is 60.5 Å². The zero-order chi connectivity index (χ0) is 24.0. The van der Waals surface area contributed by atoms with E-state index >= 15 is 0 Å². The number of aromatic nitrogens is 1. The van der Waals surface area contributed by atoms with Crippen LogP contribution in [0.15, 0.2) is 48.8 Å². The van der Waals surface area contributed by atoms with Crippen LogP contribution in [0.5, 0.6) is 5.75 Å². The van der Waals surface area contributed by atoms with Gasteiger partial charge in [0.1, 0.15) is 5.75 Å². The van der Waals surface area contributed by atoms with Gasteiger partial charge in [-0.1, -0.05) is 50.5 Å². The highest BCUT2D eigenvalue weighted by atomic mass is 16.5. The zero-order valence-electron chi connectivity index (χ0n) is 21.2. The van der Waals surface area contributed by atoms with E-state index in [-0.39, 0.29) is 11.5 Å². The van der Waals surface area contributed by atoms with Crippen LogP contribution >= 0.6 is 0 Å². The Labute approximate surface area is 205 Å². The minimum absolute atomic E-state index is 0.151. The summed E-state index contributed by atoms with van der Waals surface area (Å²) in [6.07, 6.45) is 12.5. The lowest BCUT2D eigenvalue weighted by Gasteiger charge is -2.41. The summed E-state index contributed by atoms with van der Waals surface area (Å²) in [5, 5.41) is 0. The number of para-hydroxylation sites is 1. The molecule has 2 aliphatic rings. The number of likely N-dealkylation sites (tertiary alicyclic amines) is 1. The molecule has 0 radical (unpaired) electrons. The summed E-state index contributed by atoms with van der Waals surface area (Å²) < 4.78 is 5.62. The van der Waals surface area contributed by atoms with Crippen LogP contribution in [0.25, 0.3) is 0 Å². The largest absolute Gasteiger partial charge is 0.496 e. The van der Waals surface area contributed by atoms with Crippen molar-refractivity contribution in [1.82, 2.24) is 14.8 Å². The second-order valence-corrected chi connectivity index (χ2v) is 10.6. The SMILES string of the molecule is COc1ccccc1C1CCN(CC(Cc2cccnc2)N(C)C(=O)C2(C)CCCCC2)CC1. The van der Waals surface area contributed by atoms with E-state index < -0.39 is 0 Å². The highest BCUT2D eigenvalue weighted by molar-refractivity contribution is 5.82. The number of carbonyl (C=O) groups excluding carboxylic acids is 1. The van der Waals surface area contributed by atoms with Crippen molar-refractivity contribution in [3.63, 3.8) is 0 Å². The fourth-order valence-electron chi connectivity index (χ4n) is 5.98. The van der Waals surface area contributed by atoms with Gasteiger partial charge < -0.3 is 14.5 Å². The number of nitrogens with zero attached hydrogens (tertiary/aromatic N) is 3. The number of rotatable bonds is 8. The van der Waals surface area contributed by atoms with Crippen molar-refractivity contribution in [1.29, 1.82) is 0 Å². The predicted octanol–water partition coefficient (Wildman–Crippen LogP) is 5.31. The average molecular weight is 464 g/mol. The van der Waals surface area contributed by atoms with Crippen LogP contribution in [-0.2, 0) is 11.2 Å². The van der Waals surface area contributed by atoms with Crippen LogP contribution in [0.1, 0.15) is 68.9 Å². The third-order valence-electron chi connectivity index (χ3n) is 8.17. The monoisotopic (exact) mass is 463 g/mol. The smallest absolute Gasteiger partial charge is 0.228 e. The normalized spacial score (nSPS) is 20.0. The number of carbonyl (C=O) groups is 1. The van der Waals surface area contributed by atoms with Crippen LogP contribution in [0.2, 0.25) is 0 Å². The Balaban J connectivity index is 1.44. The Bertz CT molecular complexity index is 918. The molecule has 1 aliphatic heterocycles. The number of likely N-dealkylation sites (N-methyl/N-ethyl adjacent to an activating group) is 1. The Kier molecular flexibility index (Phi) is 8.25. The summed E-state index contributed by atoms with van der Waals surface area (Å²) in [6, 6.07) is 12.7. The van der Waals surface area contributed by atoms with Gasteiger partial charge in [0.2, 0.25) is 5.91 Å². The van der Waals surface area contributed by atoms with Gasteiger partial charge in [0.25, 0.3) is 0 Å². The van der Waals surface area contributed by atoms with E-state index in [9.17, 15) is 4.79 Å². The molecule has 4 rings (SSSR count). The second-order valence-electron chi connectivity index (χ2n) is 10.6. The molecule has 1 aromatic heterocycles. The molecule has 1 aromatic carbocycles. The van der Waals surface area contributed by atoms with Gasteiger partial charge in [-0.15, -0.1) is 0 Å². The number of hydrogen-bond acceptors (Lipinski definition) is 4. The van der Waals surface area contributed by atoms with E-state index in [4.69, 9.17) is 4.74 Å². The molecule has 0 N–H and O–H groups in total. The van der Waals surface area contributed by atoms with Crippen molar-refractivity contribution < 1.29 is 9.53 Å². The highest BCUT2D eigenvalue weighted by Gasteiger charge is 2.39. The lowest BCUT2D eigenvalue weighted by atomic mass is 9.74. The maximum absolute atomic E-state index is 13.7. The van der Waals surface area contributed by atoms with E-state index in [1.807, 2.05) is 31.6 Å². The first-order chi connectivity index (χ1) is 16.5. The molecule has 1 saturated heterocycles. The van der Waals surface area contributed by atoms with Crippen LogP contribution in [0.4, 0.5) is 0 Å². The first-order valence-corrected chi connectivity index (χ1v) is 13.0. The molecule has 5 heteroatoms. The molecule has 2 heterocycles. The van der Waals surface area contributed by atoms with Gasteiger partial charge in [-0.2, -0.15) is 0 Å². The van der Waals surface area contributed by atoms with Gasteiger partial charge in [0.05, 0.1) is 7.11 Å². The maximum atomic E-state index is 13.7. The highest BCUT2D eigenvalue weighted by Crippen LogP contribution is 2.38. The summed E-state index contributed by atoms with van der Waals surface area (Å²) >= 11 is 0. The van der Waals surface area contributed by atoms with Crippen LogP contribution < -0.4 is 4.74 Å². The number of methoxy groups -OCH3 is 1. The molecule has 2 aromatic rings. The number of pyridine rings is 1. The number of ether oxygens (including phenoxy) is 1. The van der Waals surface area contributed by atoms with E-state index in [0.717, 1.165) is 57.5 Å². The molecule has 0 spiro atoms. The number of hydrogen-bond donors (Lipinski definition) is 0. The van der Waals surface area contributed by atoms with Crippen molar-refractivity contribution in [2.45, 2.75) is 70.3 Å². The van der Waals surface area contributed by atoms with Crippen molar-refractivity contribution in [2.24, 2.45) is 5.41 Å². The Morgan fingerprint density at radius 3 is 2.56 bits per heavy atom. The fraction of sp³-hybridized carbons (Fsp3) is 0.586. The maximum Gasteiger partial charge on any atom is 0.228 e. The van der Waals surface area contributed by atoms with E-state index in [0.29, 0.717) is 11.8 Å². The second kappa shape index (κ2) is 11.4. The molecule has 0 bridgehead atoms. The van der Waals surface area contributed by atoms with E-state index in [1.165, 1.54) is 30.4 Å². The van der Waals surface area contributed by atoms with E-state index in [2.05, 4.69) is 46.0 Å². The predicted molar refractivity (Wildman–Crippen MR) is 137 cm³/mol. The molecule has 1 unspecified atom stereocenters.